The van der Waals surface area contributed by atoms with Gasteiger partial charge in [-0.25, -0.2) is 23.3 Å². The molecule has 7 nitrogen and oxygen atoms in total. The van der Waals surface area contributed by atoms with Gasteiger partial charge in [0.15, 0.2) is 0 Å². The number of nitriles is 2. The van der Waals surface area contributed by atoms with Gasteiger partial charge in [-0.05, 0) is 53.1 Å². The summed E-state index contributed by atoms with van der Waals surface area (Å²) < 4.78 is 26.7. The Bertz CT molecular complexity index is 1360. The quantitative estimate of drug-likeness (QED) is 0.603. The van der Waals surface area contributed by atoms with Gasteiger partial charge in [0.1, 0.15) is 0 Å². The molecule has 0 aliphatic carbocycles. The van der Waals surface area contributed by atoms with Gasteiger partial charge >= 0.3 is 5.97 Å². The van der Waals surface area contributed by atoms with Gasteiger partial charge in [0.25, 0.3) is 5.70 Å². The van der Waals surface area contributed by atoms with Crippen LogP contribution >= 0.6 is 0 Å². The van der Waals surface area contributed by atoms with Crippen molar-refractivity contribution in [2.45, 2.75) is 0 Å². The van der Waals surface area contributed by atoms with E-state index in [1.54, 1.807) is 6.07 Å². The van der Waals surface area contributed by atoms with Crippen molar-refractivity contribution in [2.75, 3.05) is 0 Å². The van der Waals surface area contributed by atoms with Gasteiger partial charge in [-0.1, -0.05) is 24.3 Å². The van der Waals surface area contributed by atoms with Crippen LogP contribution in [0.15, 0.2) is 72.0 Å². The van der Waals surface area contributed by atoms with Crippen molar-refractivity contribution in [1.82, 2.24) is 0 Å². The predicted octanol–water partition coefficient (Wildman–Crippen LogP) is 3.76. The third-order valence-corrected chi connectivity index (χ3v) is 6.22. The Labute approximate surface area is 172 Å². The van der Waals surface area contributed by atoms with E-state index in [4.69, 9.17) is 16.9 Å². The van der Waals surface area contributed by atoms with Crippen LogP contribution in [0.1, 0.15) is 27.0 Å². The number of carboxylic acids is 1. The Morgan fingerprint density at radius 3 is 1.83 bits per heavy atom. The topological polar surface area (TPSA) is 123 Å². The first-order valence-electron chi connectivity index (χ1n) is 8.36. The second-order valence-electron chi connectivity index (χ2n) is 6.12. The fraction of sp³-hybridized carbons (Fsp3) is 0. The van der Waals surface area contributed by atoms with Gasteiger partial charge in [-0.2, -0.15) is 5.26 Å². The van der Waals surface area contributed by atoms with E-state index in [-0.39, 0.29) is 32.2 Å². The SMILES string of the molecule is [C-]#[N+]C(C#N)=C1C=C(c2ccc(C#N)cc2)S(=O)(=O)C(c2ccc(C(=O)O)cc2)=C1. The average molecular weight is 413 g/mol. The summed E-state index contributed by atoms with van der Waals surface area (Å²) in [6.07, 6.45) is 2.48. The molecule has 2 aromatic rings. The van der Waals surface area contributed by atoms with Gasteiger partial charge in [0.2, 0.25) is 9.84 Å². The van der Waals surface area contributed by atoms with Crippen molar-refractivity contribution in [3.05, 3.63) is 106 Å². The fourth-order valence-corrected chi connectivity index (χ4v) is 4.55. The Morgan fingerprint density at radius 2 is 1.43 bits per heavy atom. The highest BCUT2D eigenvalue weighted by atomic mass is 32.2. The molecule has 1 aliphatic heterocycles. The van der Waals surface area contributed by atoms with Crippen molar-refractivity contribution < 1.29 is 18.3 Å². The number of rotatable bonds is 3. The molecule has 1 heterocycles. The third-order valence-electron chi connectivity index (χ3n) is 4.36. The van der Waals surface area contributed by atoms with Crippen LogP contribution in [0.3, 0.4) is 0 Å². The normalized spacial score (nSPS) is 16.2. The predicted molar refractivity (Wildman–Crippen MR) is 109 cm³/mol. The van der Waals surface area contributed by atoms with E-state index in [1.807, 2.05) is 6.07 Å². The maximum atomic E-state index is 13.3. The molecule has 0 spiro atoms. The van der Waals surface area contributed by atoms with Gasteiger partial charge in [0, 0.05) is 0 Å². The molecule has 0 fully saturated rings. The van der Waals surface area contributed by atoms with E-state index in [9.17, 15) is 18.5 Å². The summed E-state index contributed by atoms with van der Waals surface area (Å²) >= 11 is 0. The van der Waals surface area contributed by atoms with Crippen molar-refractivity contribution in [1.29, 1.82) is 10.5 Å². The number of hydrogen-bond donors (Lipinski definition) is 1. The fourth-order valence-electron chi connectivity index (χ4n) is 2.85. The number of nitrogens with zero attached hydrogens (tertiary/aromatic N) is 3. The smallest absolute Gasteiger partial charge is 0.335 e. The maximum absolute atomic E-state index is 13.3. The van der Waals surface area contributed by atoms with Crippen LogP contribution in [0.2, 0.25) is 0 Å². The van der Waals surface area contributed by atoms with Crippen LogP contribution in [-0.4, -0.2) is 19.5 Å². The zero-order valence-corrected chi connectivity index (χ0v) is 16.0. The molecule has 3 rings (SSSR count). The molecule has 0 bridgehead atoms. The minimum absolute atomic E-state index is 0.00921. The van der Waals surface area contributed by atoms with Crippen molar-refractivity contribution in [2.24, 2.45) is 0 Å². The number of sulfone groups is 1. The summed E-state index contributed by atoms with van der Waals surface area (Å²) in [6.45, 7) is 7.20. The van der Waals surface area contributed by atoms with Gasteiger partial charge in [-0.3, -0.25) is 0 Å². The molecule has 0 atom stereocenters. The average Bonchev–Trinajstić information content (AvgIpc) is 2.75. The molecular formula is C22H11N3O4S. The van der Waals surface area contributed by atoms with E-state index in [0.29, 0.717) is 11.1 Å². The van der Waals surface area contributed by atoms with Crippen LogP contribution in [-0.2, 0) is 9.84 Å². The third kappa shape index (κ3) is 3.62. The highest BCUT2D eigenvalue weighted by Crippen LogP contribution is 2.39. The first kappa shape index (κ1) is 20.3. The standard InChI is InChI=1S/C22H11N3O4S/c1-25-19(13-24)18-10-20(15-4-2-14(12-23)3-5-15)30(28,29)21(11-18)16-6-8-17(9-7-16)22(26)27/h2-11H,(H,26,27). The summed E-state index contributed by atoms with van der Waals surface area (Å²) in [7, 11) is -4.06. The Hall–Kier alpha value is -4.45. The first-order valence-corrected chi connectivity index (χ1v) is 9.84. The highest BCUT2D eigenvalue weighted by Gasteiger charge is 2.30. The van der Waals surface area contributed by atoms with Crippen molar-refractivity contribution in [3.63, 3.8) is 0 Å². The molecule has 144 valence electrons. The number of hydrogen-bond acceptors (Lipinski definition) is 5. The lowest BCUT2D eigenvalue weighted by Gasteiger charge is -2.19. The van der Waals surface area contributed by atoms with E-state index in [1.165, 1.54) is 60.7 Å². The summed E-state index contributed by atoms with van der Waals surface area (Å²) in [6, 6.07) is 14.9. The van der Waals surface area contributed by atoms with E-state index >= 15 is 0 Å². The molecule has 2 aromatic carbocycles. The number of carboxylic acid groups (broad SMARTS) is 1. The second kappa shape index (κ2) is 7.89. The summed E-state index contributed by atoms with van der Waals surface area (Å²) in [4.78, 5) is 14.0. The van der Waals surface area contributed by atoms with Crippen molar-refractivity contribution >= 4 is 25.6 Å². The Morgan fingerprint density at radius 1 is 0.933 bits per heavy atom. The molecule has 0 unspecified atom stereocenters. The van der Waals surface area contributed by atoms with E-state index in [2.05, 4.69) is 4.85 Å². The van der Waals surface area contributed by atoms with Gasteiger partial charge < -0.3 is 5.11 Å². The summed E-state index contributed by atoms with van der Waals surface area (Å²) in [5.74, 6) is -1.15. The second-order valence-corrected chi connectivity index (χ2v) is 8.01. The largest absolute Gasteiger partial charge is 0.478 e. The van der Waals surface area contributed by atoms with Crippen LogP contribution in [0.4, 0.5) is 0 Å². The lowest BCUT2D eigenvalue weighted by Crippen LogP contribution is -2.11. The van der Waals surface area contributed by atoms with Crippen LogP contribution in [0, 0.1) is 29.2 Å². The van der Waals surface area contributed by atoms with E-state index in [0.717, 1.165) is 0 Å². The molecule has 1 aliphatic rings. The molecule has 1 N–H and O–H groups in total. The molecule has 0 saturated heterocycles. The number of allylic oxidation sites excluding steroid dienone is 4. The minimum Gasteiger partial charge on any atom is -0.478 e. The maximum Gasteiger partial charge on any atom is 0.335 e. The summed E-state index contributed by atoms with van der Waals surface area (Å²) in [5.41, 5.74) is 0.697. The minimum atomic E-state index is -4.06. The molecule has 30 heavy (non-hydrogen) atoms. The molecule has 0 amide bonds. The molecule has 8 heteroatoms. The number of aromatic carboxylic acids is 1. The Kier molecular flexibility index (Phi) is 5.33. The number of benzene rings is 2. The lowest BCUT2D eigenvalue weighted by molar-refractivity contribution is 0.0697. The zero-order chi connectivity index (χ0) is 21.9. The molecular weight excluding hydrogens is 402 g/mol. The van der Waals surface area contributed by atoms with Crippen LogP contribution < -0.4 is 0 Å². The molecule has 0 radical (unpaired) electrons. The summed E-state index contributed by atoms with van der Waals surface area (Å²) in [5, 5.41) is 27.3. The Balaban J connectivity index is 2.26. The van der Waals surface area contributed by atoms with Crippen LogP contribution in [0.25, 0.3) is 14.7 Å². The van der Waals surface area contributed by atoms with Gasteiger partial charge in [-0.15, -0.1) is 0 Å². The highest BCUT2D eigenvalue weighted by molar-refractivity contribution is 8.09. The van der Waals surface area contributed by atoms with Crippen LogP contribution in [0.5, 0.6) is 0 Å². The zero-order valence-electron chi connectivity index (χ0n) is 15.2. The number of carbonyl (C=O) groups is 1. The van der Waals surface area contributed by atoms with E-state index < -0.39 is 15.8 Å². The van der Waals surface area contributed by atoms with Gasteiger partial charge in [0.05, 0.1) is 39.6 Å². The molecule has 0 aromatic heterocycles. The molecule has 0 saturated carbocycles. The van der Waals surface area contributed by atoms with Crippen molar-refractivity contribution in [3.8, 4) is 12.1 Å². The first-order chi connectivity index (χ1) is 14.3. The monoisotopic (exact) mass is 413 g/mol. The lowest BCUT2D eigenvalue weighted by atomic mass is 10.1.